The van der Waals surface area contributed by atoms with E-state index in [-0.39, 0.29) is 5.82 Å². The molecule has 90 valence electrons. The van der Waals surface area contributed by atoms with Crippen molar-refractivity contribution in [1.82, 2.24) is 9.55 Å². The summed E-state index contributed by atoms with van der Waals surface area (Å²) < 4.78 is 15.1. The zero-order chi connectivity index (χ0) is 12.3. The molecule has 0 spiro atoms. The molecule has 0 aliphatic carbocycles. The first-order chi connectivity index (χ1) is 8.19. The Kier molecular flexibility index (Phi) is 3.64. The van der Waals surface area contributed by atoms with Gasteiger partial charge in [-0.1, -0.05) is 11.6 Å². The fraction of sp³-hybridized carbons (Fsp3) is 0.250. The quantitative estimate of drug-likeness (QED) is 0.906. The lowest BCUT2D eigenvalue weighted by Crippen LogP contribution is -2.07. The molecule has 1 heterocycles. The Morgan fingerprint density at radius 3 is 2.94 bits per heavy atom. The monoisotopic (exact) mass is 253 g/mol. The van der Waals surface area contributed by atoms with Gasteiger partial charge in [0.25, 0.3) is 0 Å². The van der Waals surface area contributed by atoms with Gasteiger partial charge in [-0.15, -0.1) is 0 Å². The minimum atomic E-state index is -0.348. The van der Waals surface area contributed by atoms with Crippen LogP contribution in [0.5, 0.6) is 0 Å². The smallest absolute Gasteiger partial charge is 0.128 e. The van der Waals surface area contributed by atoms with Crippen molar-refractivity contribution in [2.75, 3.05) is 5.32 Å². The third kappa shape index (κ3) is 2.97. The number of anilines is 1. The Bertz CT molecular complexity index is 490. The van der Waals surface area contributed by atoms with E-state index in [4.69, 9.17) is 11.6 Å². The standard InChI is InChI=1S/C12H13ClFN3/c1-2-17-4-3-15-12(17)8-16-11-6-9(13)5-10(14)7-11/h3-7,16H,2,8H2,1H3. The summed E-state index contributed by atoms with van der Waals surface area (Å²) in [5.74, 6) is 0.562. The number of halogens is 2. The lowest BCUT2D eigenvalue weighted by Gasteiger charge is -2.08. The first-order valence-corrected chi connectivity index (χ1v) is 5.77. The van der Waals surface area contributed by atoms with Crippen LogP contribution >= 0.6 is 11.6 Å². The van der Waals surface area contributed by atoms with Crippen LogP contribution in [-0.4, -0.2) is 9.55 Å². The van der Waals surface area contributed by atoms with Gasteiger partial charge in [0.15, 0.2) is 0 Å². The highest BCUT2D eigenvalue weighted by Gasteiger charge is 2.02. The van der Waals surface area contributed by atoms with E-state index in [9.17, 15) is 4.39 Å². The van der Waals surface area contributed by atoms with Crippen LogP contribution in [-0.2, 0) is 13.1 Å². The molecule has 0 fully saturated rings. The van der Waals surface area contributed by atoms with E-state index in [0.29, 0.717) is 17.3 Å². The molecule has 0 aliphatic heterocycles. The van der Waals surface area contributed by atoms with Gasteiger partial charge in [-0.05, 0) is 25.1 Å². The van der Waals surface area contributed by atoms with Gasteiger partial charge in [-0.3, -0.25) is 0 Å². The summed E-state index contributed by atoms with van der Waals surface area (Å²) in [6.45, 7) is 3.45. The predicted molar refractivity (Wildman–Crippen MR) is 66.6 cm³/mol. The predicted octanol–water partition coefficient (Wildman–Crippen LogP) is 3.31. The molecule has 0 radical (unpaired) electrons. The van der Waals surface area contributed by atoms with E-state index in [1.54, 1.807) is 12.3 Å². The van der Waals surface area contributed by atoms with Crippen LogP contribution in [0, 0.1) is 5.82 Å². The van der Waals surface area contributed by atoms with Gasteiger partial charge in [0.1, 0.15) is 11.6 Å². The fourth-order valence-electron chi connectivity index (χ4n) is 1.63. The van der Waals surface area contributed by atoms with Crippen LogP contribution in [0.25, 0.3) is 0 Å². The number of nitrogens with zero attached hydrogens (tertiary/aromatic N) is 2. The molecule has 0 bridgehead atoms. The number of imidazole rings is 1. The number of rotatable bonds is 4. The number of aryl methyl sites for hydroxylation is 1. The summed E-state index contributed by atoms with van der Waals surface area (Å²) in [5.41, 5.74) is 0.653. The van der Waals surface area contributed by atoms with Gasteiger partial charge in [-0.2, -0.15) is 0 Å². The molecular weight excluding hydrogens is 241 g/mol. The molecule has 0 saturated carbocycles. The molecule has 1 aromatic carbocycles. The molecule has 3 nitrogen and oxygen atoms in total. The lowest BCUT2D eigenvalue weighted by molar-refractivity contribution is 0.628. The molecule has 0 aliphatic rings. The molecule has 0 saturated heterocycles. The first-order valence-electron chi connectivity index (χ1n) is 5.39. The van der Waals surface area contributed by atoms with Crippen LogP contribution in [0.15, 0.2) is 30.6 Å². The van der Waals surface area contributed by atoms with Gasteiger partial charge in [0, 0.05) is 29.6 Å². The van der Waals surface area contributed by atoms with Crippen LogP contribution < -0.4 is 5.32 Å². The molecule has 2 aromatic rings. The van der Waals surface area contributed by atoms with E-state index < -0.39 is 0 Å². The summed E-state index contributed by atoms with van der Waals surface area (Å²) in [4.78, 5) is 4.22. The average Bonchev–Trinajstić information content (AvgIpc) is 2.72. The van der Waals surface area contributed by atoms with Gasteiger partial charge in [0.05, 0.1) is 6.54 Å². The highest BCUT2D eigenvalue weighted by Crippen LogP contribution is 2.18. The summed E-state index contributed by atoms with van der Waals surface area (Å²) in [6.07, 6.45) is 3.66. The van der Waals surface area contributed by atoms with E-state index in [1.165, 1.54) is 12.1 Å². The minimum Gasteiger partial charge on any atom is -0.378 e. The maximum absolute atomic E-state index is 13.1. The van der Waals surface area contributed by atoms with E-state index >= 15 is 0 Å². The van der Waals surface area contributed by atoms with E-state index in [1.807, 2.05) is 17.7 Å². The zero-order valence-electron chi connectivity index (χ0n) is 9.45. The summed E-state index contributed by atoms with van der Waals surface area (Å²) in [5, 5.41) is 3.48. The molecule has 1 aromatic heterocycles. The molecular formula is C12H13ClFN3. The number of aromatic nitrogens is 2. The van der Waals surface area contributed by atoms with Crippen LogP contribution in [0.1, 0.15) is 12.7 Å². The van der Waals surface area contributed by atoms with Gasteiger partial charge >= 0.3 is 0 Å². The molecule has 0 unspecified atom stereocenters. The summed E-state index contributed by atoms with van der Waals surface area (Å²) >= 11 is 5.77. The van der Waals surface area contributed by atoms with Crippen LogP contribution in [0.4, 0.5) is 10.1 Å². The topological polar surface area (TPSA) is 29.9 Å². The normalized spacial score (nSPS) is 10.5. The fourth-order valence-corrected chi connectivity index (χ4v) is 1.85. The lowest BCUT2D eigenvalue weighted by atomic mass is 10.3. The van der Waals surface area contributed by atoms with Gasteiger partial charge < -0.3 is 9.88 Å². The largest absolute Gasteiger partial charge is 0.378 e. The van der Waals surface area contributed by atoms with Gasteiger partial charge in [0.2, 0.25) is 0 Å². The summed E-state index contributed by atoms with van der Waals surface area (Å²) in [6, 6.07) is 4.37. The maximum Gasteiger partial charge on any atom is 0.128 e. The third-order valence-corrected chi connectivity index (χ3v) is 2.67. The first kappa shape index (κ1) is 11.9. The van der Waals surface area contributed by atoms with E-state index in [2.05, 4.69) is 10.3 Å². The molecule has 17 heavy (non-hydrogen) atoms. The Morgan fingerprint density at radius 1 is 1.41 bits per heavy atom. The number of hydrogen-bond acceptors (Lipinski definition) is 2. The van der Waals surface area contributed by atoms with Crippen LogP contribution in [0.3, 0.4) is 0 Å². The SMILES string of the molecule is CCn1ccnc1CNc1cc(F)cc(Cl)c1. The molecule has 5 heteroatoms. The van der Waals surface area contributed by atoms with Crippen molar-refractivity contribution in [2.24, 2.45) is 0 Å². The average molecular weight is 254 g/mol. The third-order valence-electron chi connectivity index (χ3n) is 2.46. The van der Waals surface area contributed by atoms with Crippen LogP contribution in [0.2, 0.25) is 5.02 Å². The van der Waals surface area contributed by atoms with Gasteiger partial charge in [-0.25, -0.2) is 9.37 Å². The Labute approximate surface area is 104 Å². The molecule has 1 N–H and O–H groups in total. The summed E-state index contributed by atoms with van der Waals surface area (Å²) in [7, 11) is 0. The second-order valence-corrected chi connectivity index (χ2v) is 4.08. The maximum atomic E-state index is 13.1. The molecule has 2 rings (SSSR count). The molecule has 0 amide bonds. The highest BCUT2D eigenvalue weighted by molar-refractivity contribution is 6.30. The number of hydrogen-bond donors (Lipinski definition) is 1. The van der Waals surface area contributed by atoms with E-state index in [0.717, 1.165) is 12.4 Å². The van der Waals surface area contributed by atoms with Crippen molar-refractivity contribution in [1.29, 1.82) is 0 Å². The second-order valence-electron chi connectivity index (χ2n) is 3.64. The Morgan fingerprint density at radius 2 is 2.24 bits per heavy atom. The number of benzene rings is 1. The van der Waals surface area contributed by atoms with Crippen molar-refractivity contribution in [3.05, 3.63) is 47.3 Å². The number of nitrogens with one attached hydrogen (secondary N) is 1. The van der Waals surface area contributed by atoms with Crippen molar-refractivity contribution < 1.29 is 4.39 Å². The second kappa shape index (κ2) is 5.19. The van der Waals surface area contributed by atoms with Crippen molar-refractivity contribution in [2.45, 2.75) is 20.0 Å². The highest BCUT2D eigenvalue weighted by atomic mass is 35.5. The Balaban J connectivity index is 2.07. The minimum absolute atomic E-state index is 0.348. The Hall–Kier alpha value is -1.55. The van der Waals surface area contributed by atoms with Crippen molar-refractivity contribution >= 4 is 17.3 Å². The van der Waals surface area contributed by atoms with Crippen molar-refractivity contribution in [3.63, 3.8) is 0 Å². The zero-order valence-corrected chi connectivity index (χ0v) is 10.2. The van der Waals surface area contributed by atoms with Crippen molar-refractivity contribution in [3.8, 4) is 0 Å². The molecule has 0 atom stereocenters.